The molecule has 132 valence electrons. The van der Waals surface area contributed by atoms with Gasteiger partial charge in [-0.15, -0.1) is 0 Å². The molecule has 0 saturated heterocycles. The van der Waals surface area contributed by atoms with Crippen LogP contribution in [0.4, 0.5) is 10.2 Å². The maximum Gasteiger partial charge on any atom is 0.247 e. The number of amides is 2. The van der Waals surface area contributed by atoms with Crippen LogP contribution < -0.4 is 10.6 Å². The van der Waals surface area contributed by atoms with Crippen LogP contribution in [0.25, 0.3) is 0 Å². The van der Waals surface area contributed by atoms with Crippen LogP contribution in [0.3, 0.4) is 0 Å². The molecule has 0 aliphatic heterocycles. The van der Waals surface area contributed by atoms with Crippen molar-refractivity contribution < 1.29 is 18.5 Å². The second-order valence-electron chi connectivity index (χ2n) is 6.41. The van der Waals surface area contributed by atoms with Gasteiger partial charge >= 0.3 is 0 Å². The van der Waals surface area contributed by atoms with E-state index in [1.165, 1.54) is 12.1 Å². The molecule has 0 radical (unpaired) electrons. The summed E-state index contributed by atoms with van der Waals surface area (Å²) in [7, 11) is 0. The lowest BCUT2D eigenvalue weighted by Crippen LogP contribution is -2.44. The fourth-order valence-electron chi connectivity index (χ4n) is 2.77. The number of benzene rings is 1. The summed E-state index contributed by atoms with van der Waals surface area (Å²) in [5.41, 5.74) is 0.765. The van der Waals surface area contributed by atoms with E-state index in [1.807, 2.05) is 0 Å². The normalized spacial score (nSPS) is 16.1. The van der Waals surface area contributed by atoms with Crippen LogP contribution in [0.15, 0.2) is 34.9 Å². The molecule has 1 heterocycles. The molecular weight excluding hydrogens is 325 g/mol. The van der Waals surface area contributed by atoms with Gasteiger partial charge in [0.1, 0.15) is 17.6 Å². The topological polar surface area (TPSA) is 84.2 Å². The Labute approximate surface area is 144 Å². The summed E-state index contributed by atoms with van der Waals surface area (Å²) in [6.45, 7) is 3.32. The van der Waals surface area contributed by atoms with E-state index in [9.17, 15) is 14.0 Å². The van der Waals surface area contributed by atoms with E-state index in [4.69, 9.17) is 4.52 Å². The average molecular weight is 345 g/mol. The van der Waals surface area contributed by atoms with Gasteiger partial charge in [-0.1, -0.05) is 17.3 Å². The molecule has 2 N–H and O–H groups in total. The molecule has 1 aromatic heterocycles. The molecule has 1 aliphatic carbocycles. The van der Waals surface area contributed by atoms with Crippen LogP contribution in [0.1, 0.15) is 37.0 Å². The van der Waals surface area contributed by atoms with Crippen molar-refractivity contribution in [3.8, 4) is 0 Å². The van der Waals surface area contributed by atoms with E-state index in [-0.39, 0.29) is 29.5 Å². The van der Waals surface area contributed by atoms with Gasteiger partial charge in [0.2, 0.25) is 11.8 Å². The van der Waals surface area contributed by atoms with Crippen LogP contribution in [0.5, 0.6) is 0 Å². The van der Waals surface area contributed by atoms with Crippen LogP contribution in [-0.2, 0) is 9.59 Å². The molecule has 3 rings (SSSR count). The lowest BCUT2D eigenvalue weighted by molar-refractivity contribution is -0.127. The lowest BCUT2D eigenvalue weighted by atomic mass is 9.93. The second-order valence-corrected chi connectivity index (χ2v) is 6.41. The average Bonchev–Trinajstić information content (AvgIpc) is 3.31. The minimum absolute atomic E-state index is 0.229. The summed E-state index contributed by atoms with van der Waals surface area (Å²) < 4.78 is 18.0. The third-order valence-electron chi connectivity index (χ3n) is 4.24. The zero-order chi connectivity index (χ0) is 18.0. The summed E-state index contributed by atoms with van der Waals surface area (Å²) in [5.74, 6) is -0.195. The van der Waals surface area contributed by atoms with Crippen molar-refractivity contribution in [3.05, 3.63) is 47.5 Å². The number of halogens is 1. The molecule has 6 nitrogen and oxygen atoms in total. The summed E-state index contributed by atoms with van der Waals surface area (Å²) in [6.07, 6.45) is 1.91. The molecule has 2 atom stereocenters. The number of anilines is 1. The molecule has 2 amide bonds. The Bertz CT molecular complexity index is 768. The lowest BCUT2D eigenvalue weighted by Gasteiger charge is -2.20. The van der Waals surface area contributed by atoms with Gasteiger partial charge in [0.15, 0.2) is 5.82 Å². The minimum Gasteiger partial charge on any atom is -0.360 e. The minimum atomic E-state index is -0.730. The molecule has 1 aliphatic rings. The van der Waals surface area contributed by atoms with Gasteiger partial charge in [0.25, 0.3) is 0 Å². The molecular formula is C18H20FN3O3. The highest BCUT2D eigenvalue weighted by atomic mass is 19.1. The van der Waals surface area contributed by atoms with E-state index in [0.29, 0.717) is 11.6 Å². The number of hydrogen-bond acceptors (Lipinski definition) is 4. The molecule has 1 aromatic carbocycles. The molecule has 1 fully saturated rings. The summed E-state index contributed by atoms with van der Waals surface area (Å²) >= 11 is 0. The number of aromatic nitrogens is 1. The number of carbonyl (C=O) groups excluding carboxylic acids is 2. The van der Waals surface area contributed by atoms with Crippen LogP contribution >= 0.6 is 0 Å². The predicted molar refractivity (Wildman–Crippen MR) is 89.3 cm³/mol. The van der Waals surface area contributed by atoms with Crippen molar-refractivity contribution in [1.82, 2.24) is 10.5 Å². The summed E-state index contributed by atoms with van der Waals surface area (Å²) in [6, 6.07) is 6.81. The van der Waals surface area contributed by atoms with Gasteiger partial charge in [-0.3, -0.25) is 9.59 Å². The Kier molecular flexibility index (Phi) is 4.83. The standard InChI is InChI=1S/C18H20FN3O3/c1-10-9-15(22-25-10)21-17(23)11(2)20-18(24)16(12-3-4-12)13-5-7-14(19)8-6-13/h5-9,11-12,16H,3-4H2,1-2H3,(H,20,24)(H,21,22,23)/t11-,16?/m1/s1. The molecule has 2 aromatic rings. The van der Waals surface area contributed by atoms with Gasteiger partial charge < -0.3 is 15.2 Å². The zero-order valence-electron chi connectivity index (χ0n) is 14.1. The highest BCUT2D eigenvalue weighted by Gasteiger charge is 2.38. The number of nitrogens with one attached hydrogen (secondary N) is 2. The highest BCUT2D eigenvalue weighted by molar-refractivity contribution is 5.97. The number of carbonyl (C=O) groups is 2. The number of nitrogens with zero attached hydrogens (tertiary/aromatic N) is 1. The Morgan fingerprint density at radius 1 is 1.24 bits per heavy atom. The first kappa shape index (κ1) is 17.1. The monoisotopic (exact) mass is 345 g/mol. The van der Waals surface area contributed by atoms with Crippen molar-refractivity contribution in [2.75, 3.05) is 5.32 Å². The Balaban J connectivity index is 1.64. The first-order chi connectivity index (χ1) is 11.9. The van der Waals surface area contributed by atoms with E-state index >= 15 is 0 Å². The summed E-state index contributed by atoms with van der Waals surface area (Å²) in [5, 5.41) is 9.02. The van der Waals surface area contributed by atoms with E-state index in [2.05, 4.69) is 15.8 Å². The number of rotatable bonds is 6. The van der Waals surface area contributed by atoms with Gasteiger partial charge in [-0.05, 0) is 50.3 Å². The van der Waals surface area contributed by atoms with Crippen molar-refractivity contribution in [2.24, 2.45) is 5.92 Å². The van der Waals surface area contributed by atoms with Crippen molar-refractivity contribution in [3.63, 3.8) is 0 Å². The Hall–Kier alpha value is -2.70. The quantitative estimate of drug-likeness (QED) is 0.843. The third kappa shape index (κ3) is 4.23. The van der Waals surface area contributed by atoms with Crippen LogP contribution in [0.2, 0.25) is 0 Å². The van der Waals surface area contributed by atoms with Crippen molar-refractivity contribution >= 4 is 17.6 Å². The highest BCUT2D eigenvalue weighted by Crippen LogP contribution is 2.42. The van der Waals surface area contributed by atoms with Gasteiger partial charge in [-0.25, -0.2) is 4.39 Å². The first-order valence-corrected chi connectivity index (χ1v) is 8.24. The molecule has 1 unspecified atom stereocenters. The largest absolute Gasteiger partial charge is 0.360 e. The molecule has 7 heteroatoms. The molecule has 0 bridgehead atoms. The predicted octanol–water partition coefficient (Wildman–Crippen LogP) is 2.76. The van der Waals surface area contributed by atoms with E-state index in [1.54, 1.807) is 32.0 Å². The fourth-order valence-corrected chi connectivity index (χ4v) is 2.77. The molecule has 0 spiro atoms. The van der Waals surface area contributed by atoms with Crippen LogP contribution in [0, 0.1) is 18.7 Å². The molecule has 25 heavy (non-hydrogen) atoms. The van der Waals surface area contributed by atoms with Gasteiger partial charge in [0, 0.05) is 6.07 Å². The van der Waals surface area contributed by atoms with E-state index in [0.717, 1.165) is 18.4 Å². The zero-order valence-corrected chi connectivity index (χ0v) is 14.1. The van der Waals surface area contributed by atoms with Gasteiger partial charge in [-0.2, -0.15) is 0 Å². The van der Waals surface area contributed by atoms with Crippen LogP contribution in [-0.4, -0.2) is 23.0 Å². The Morgan fingerprint density at radius 2 is 1.92 bits per heavy atom. The maximum absolute atomic E-state index is 13.1. The SMILES string of the molecule is Cc1cc(NC(=O)[C@@H](C)NC(=O)C(c2ccc(F)cc2)C2CC2)no1. The smallest absolute Gasteiger partial charge is 0.247 e. The fraction of sp³-hybridized carbons (Fsp3) is 0.389. The van der Waals surface area contributed by atoms with Crippen molar-refractivity contribution in [2.45, 2.75) is 38.6 Å². The van der Waals surface area contributed by atoms with Gasteiger partial charge in [0.05, 0.1) is 5.92 Å². The summed E-state index contributed by atoms with van der Waals surface area (Å²) in [4.78, 5) is 24.9. The van der Waals surface area contributed by atoms with Crippen molar-refractivity contribution in [1.29, 1.82) is 0 Å². The Morgan fingerprint density at radius 3 is 2.48 bits per heavy atom. The molecule has 1 saturated carbocycles. The number of aryl methyl sites for hydroxylation is 1. The number of hydrogen-bond donors (Lipinski definition) is 2. The maximum atomic E-state index is 13.1. The van der Waals surface area contributed by atoms with E-state index < -0.39 is 6.04 Å². The second kappa shape index (κ2) is 7.04. The first-order valence-electron chi connectivity index (χ1n) is 8.24. The third-order valence-corrected chi connectivity index (χ3v) is 4.24.